The number of nitrogens with two attached hydrogens (primary N) is 1. The highest BCUT2D eigenvalue weighted by atomic mass is 16.2. The fourth-order valence-corrected chi connectivity index (χ4v) is 3.67. The number of unbranched alkanes of at least 4 members (excludes halogenated alkanes) is 2. The van der Waals surface area contributed by atoms with E-state index in [1.54, 1.807) is 6.07 Å². The van der Waals surface area contributed by atoms with E-state index in [0.29, 0.717) is 12.4 Å². The van der Waals surface area contributed by atoms with Crippen molar-refractivity contribution in [2.45, 2.75) is 71.9 Å². The fraction of sp³-hybridized carbons (Fsp3) is 0.500. The number of benzene rings is 1. The van der Waals surface area contributed by atoms with Gasteiger partial charge in [0.05, 0.1) is 6.04 Å². The number of anilines is 1. The molecule has 0 saturated heterocycles. The largest absolute Gasteiger partial charge is 0.384 e. The number of hydrogen-bond donors (Lipinski definition) is 3. The summed E-state index contributed by atoms with van der Waals surface area (Å²) in [6.07, 6.45) is 5.14. The highest BCUT2D eigenvalue weighted by Gasteiger charge is 2.23. The van der Waals surface area contributed by atoms with Gasteiger partial charge in [-0.05, 0) is 49.9 Å². The van der Waals surface area contributed by atoms with Crippen LogP contribution in [0.3, 0.4) is 0 Å². The normalized spacial score (nSPS) is 12.8. The van der Waals surface area contributed by atoms with E-state index in [-0.39, 0.29) is 30.1 Å². The Kier molecular flexibility index (Phi) is 10.9. The second-order valence-corrected chi connectivity index (χ2v) is 8.51. The summed E-state index contributed by atoms with van der Waals surface area (Å²) in [7, 11) is 0. The Labute approximate surface area is 192 Å². The summed E-state index contributed by atoms with van der Waals surface area (Å²) in [6.45, 7) is 7.05. The molecule has 1 amide bonds. The van der Waals surface area contributed by atoms with Gasteiger partial charge in [0.25, 0.3) is 0 Å². The SMILES string of the molecule is CCCCCN[C@H](CCc1ccccc1)C(=O)C[C@@H](C)C(=O)NCc1ccc(N)nc1C. The first kappa shape index (κ1) is 25.5. The molecule has 0 saturated carbocycles. The Morgan fingerprint density at radius 1 is 1.09 bits per heavy atom. The van der Waals surface area contributed by atoms with E-state index in [9.17, 15) is 9.59 Å². The fourth-order valence-electron chi connectivity index (χ4n) is 3.67. The number of nitrogens with one attached hydrogen (secondary N) is 2. The van der Waals surface area contributed by atoms with Gasteiger partial charge < -0.3 is 16.4 Å². The third kappa shape index (κ3) is 8.79. The molecule has 174 valence electrons. The zero-order valence-electron chi connectivity index (χ0n) is 19.7. The van der Waals surface area contributed by atoms with E-state index < -0.39 is 0 Å². The van der Waals surface area contributed by atoms with Gasteiger partial charge in [-0.1, -0.05) is 63.1 Å². The number of nitrogens with zero attached hydrogens (tertiary/aromatic N) is 1. The van der Waals surface area contributed by atoms with Crippen molar-refractivity contribution in [1.29, 1.82) is 0 Å². The molecule has 32 heavy (non-hydrogen) atoms. The summed E-state index contributed by atoms with van der Waals surface area (Å²) in [5, 5.41) is 6.37. The Bertz CT molecular complexity index is 854. The monoisotopic (exact) mass is 438 g/mol. The third-order valence-corrected chi connectivity index (χ3v) is 5.75. The molecule has 0 radical (unpaired) electrons. The van der Waals surface area contributed by atoms with Crippen molar-refractivity contribution in [3.05, 3.63) is 59.3 Å². The van der Waals surface area contributed by atoms with Gasteiger partial charge in [-0.25, -0.2) is 4.98 Å². The second-order valence-electron chi connectivity index (χ2n) is 8.51. The van der Waals surface area contributed by atoms with Crippen LogP contribution in [0.15, 0.2) is 42.5 Å². The first-order chi connectivity index (χ1) is 15.4. The first-order valence-corrected chi connectivity index (χ1v) is 11.7. The average Bonchev–Trinajstić information content (AvgIpc) is 2.78. The van der Waals surface area contributed by atoms with Gasteiger partial charge in [0.2, 0.25) is 5.91 Å². The number of ketones is 1. The van der Waals surface area contributed by atoms with Crippen molar-refractivity contribution in [3.63, 3.8) is 0 Å². The topological polar surface area (TPSA) is 97.1 Å². The Balaban J connectivity index is 1.89. The molecule has 0 bridgehead atoms. The summed E-state index contributed by atoms with van der Waals surface area (Å²) >= 11 is 0. The lowest BCUT2D eigenvalue weighted by atomic mass is 9.95. The number of carbonyl (C=O) groups excluding carboxylic acids is 2. The predicted molar refractivity (Wildman–Crippen MR) is 130 cm³/mol. The molecule has 6 nitrogen and oxygen atoms in total. The maximum absolute atomic E-state index is 13.0. The second kappa shape index (κ2) is 13.6. The van der Waals surface area contributed by atoms with Crippen LogP contribution < -0.4 is 16.4 Å². The van der Waals surface area contributed by atoms with Crippen LogP contribution in [0.25, 0.3) is 0 Å². The number of rotatable bonds is 14. The van der Waals surface area contributed by atoms with E-state index in [1.165, 1.54) is 5.56 Å². The summed E-state index contributed by atoms with van der Waals surface area (Å²) in [4.78, 5) is 29.9. The zero-order chi connectivity index (χ0) is 23.3. The Morgan fingerprint density at radius 2 is 1.84 bits per heavy atom. The molecule has 0 fully saturated rings. The molecule has 2 aromatic rings. The molecule has 2 rings (SSSR count). The van der Waals surface area contributed by atoms with Crippen LogP contribution in [-0.4, -0.2) is 29.3 Å². The Hall–Kier alpha value is -2.73. The van der Waals surface area contributed by atoms with Gasteiger partial charge in [0.15, 0.2) is 5.78 Å². The van der Waals surface area contributed by atoms with Gasteiger partial charge >= 0.3 is 0 Å². The van der Waals surface area contributed by atoms with Crippen LogP contribution in [0.1, 0.15) is 62.8 Å². The molecule has 0 aliphatic carbocycles. The van der Waals surface area contributed by atoms with Crippen molar-refractivity contribution in [1.82, 2.24) is 15.6 Å². The summed E-state index contributed by atoms with van der Waals surface area (Å²) in [6, 6.07) is 13.6. The highest BCUT2D eigenvalue weighted by Crippen LogP contribution is 2.13. The van der Waals surface area contributed by atoms with Crippen molar-refractivity contribution >= 4 is 17.5 Å². The number of aromatic nitrogens is 1. The van der Waals surface area contributed by atoms with Gasteiger partial charge in [0, 0.05) is 24.6 Å². The molecule has 6 heteroatoms. The molecular formula is C26H38N4O2. The highest BCUT2D eigenvalue weighted by molar-refractivity contribution is 5.89. The lowest BCUT2D eigenvalue weighted by Gasteiger charge is -2.20. The molecule has 1 heterocycles. The minimum absolute atomic E-state index is 0.102. The molecule has 0 aliphatic rings. The maximum atomic E-state index is 13.0. The van der Waals surface area contributed by atoms with E-state index in [0.717, 1.165) is 49.9 Å². The van der Waals surface area contributed by atoms with E-state index in [1.807, 2.05) is 38.1 Å². The summed E-state index contributed by atoms with van der Waals surface area (Å²) in [5.74, 6) is 0.0542. The molecule has 0 spiro atoms. The quantitative estimate of drug-likeness (QED) is 0.388. The molecule has 2 atom stereocenters. The van der Waals surface area contributed by atoms with Crippen molar-refractivity contribution in [2.75, 3.05) is 12.3 Å². The van der Waals surface area contributed by atoms with Crippen molar-refractivity contribution in [2.24, 2.45) is 5.92 Å². The number of nitrogen functional groups attached to an aromatic ring is 1. The van der Waals surface area contributed by atoms with Crippen molar-refractivity contribution < 1.29 is 9.59 Å². The van der Waals surface area contributed by atoms with Crippen molar-refractivity contribution in [3.8, 4) is 0 Å². The maximum Gasteiger partial charge on any atom is 0.223 e. The van der Waals surface area contributed by atoms with Crippen LogP contribution >= 0.6 is 0 Å². The third-order valence-electron chi connectivity index (χ3n) is 5.75. The molecule has 0 unspecified atom stereocenters. The van der Waals surface area contributed by atoms with E-state index >= 15 is 0 Å². The molecule has 4 N–H and O–H groups in total. The van der Waals surface area contributed by atoms with Crippen LogP contribution in [0.5, 0.6) is 0 Å². The van der Waals surface area contributed by atoms with E-state index in [2.05, 4.69) is 34.7 Å². The molecular weight excluding hydrogens is 400 g/mol. The van der Waals surface area contributed by atoms with Crippen LogP contribution in [0.2, 0.25) is 0 Å². The van der Waals surface area contributed by atoms with Crippen LogP contribution in [-0.2, 0) is 22.6 Å². The number of amides is 1. The molecule has 1 aromatic carbocycles. The predicted octanol–water partition coefficient (Wildman–Crippen LogP) is 3.96. The molecule has 1 aromatic heterocycles. The van der Waals surface area contributed by atoms with Crippen LogP contribution in [0, 0.1) is 12.8 Å². The zero-order valence-corrected chi connectivity index (χ0v) is 19.7. The van der Waals surface area contributed by atoms with E-state index in [4.69, 9.17) is 5.73 Å². The first-order valence-electron chi connectivity index (χ1n) is 11.7. The van der Waals surface area contributed by atoms with Gasteiger partial charge in [-0.15, -0.1) is 0 Å². The lowest BCUT2D eigenvalue weighted by molar-refractivity contribution is -0.129. The van der Waals surface area contributed by atoms with Gasteiger partial charge in [-0.2, -0.15) is 0 Å². The number of carbonyl (C=O) groups is 2. The van der Waals surface area contributed by atoms with Crippen LogP contribution in [0.4, 0.5) is 5.82 Å². The van der Waals surface area contributed by atoms with Gasteiger partial charge in [-0.3, -0.25) is 9.59 Å². The smallest absolute Gasteiger partial charge is 0.223 e. The lowest BCUT2D eigenvalue weighted by Crippen LogP contribution is -2.40. The number of pyridine rings is 1. The summed E-state index contributed by atoms with van der Waals surface area (Å²) < 4.78 is 0. The summed E-state index contributed by atoms with van der Waals surface area (Å²) in [5.41, 5.74) is 8.63. The minimum Gasteiger partial charge on any atom is -0.384 e. The minimum atomic E-state index is -0.388. The average molecular weight is 439 g/mol. The van der Waals surface area contributed by atoms with Gasteiger partial charge in [0.1, 0.15) is 5.82 Å². The molecule has 0 aliphatic heterocycles. The Morgan fingerprint density at radius 3 is 2.53 bits per heavy atom. The number of aryl methyl sites for hydroxylation is 2. The number of hydrogen-bond acceptors (Lipinski definition) is 5. The standard InChI is InChI=1S/C26H38N4O2/c1-4-5-9-16-28-23(14-12-21-10-7-6-8-11-21)24(31)17-19(2)26(32)29-18-22-13-15-25(27)30-20(22)3/h6-8,10-11,13,15,19,23,28H,4-5,9,12,14,16-18H2,1-3H3,(H2,27,30)(H,29,32)/t19-,23-/m1/s1. The number of Topliss-reactive ketones (excluding diaryl/α,β-unsaturated/α-hetero) is 1.